The third-order valence-corrected chi connectivity index (χ3v) is 3.68. The molecular formula is C13H18BrN3O2. The SMILES string of the molecule is CCOC1CCN(C(=O)c2cc(Br)cnc2N)CC1. The lowest BCUT2D eigenvalue weighted by atomic mass is 10.1. The van der Waals surface area contributed by atoms with Crippen LogP contribution in [0.2, 0.25) is 0 Å². The summed E-state index contributed by atoms with van der Waals surface area (Å²) in [6.45, 7) is 4.12. The summed E-state index contributed by atoms with van der Waals surface area (Å²) in [5.74, 6) is 0.224. The highest BCUT2D eigenvalue weighted by Crippen LogP contribution is 2.20. The van der Waals surface area contributed by atoms with E-state index in [4.69, 9.17) is 10.5 Å². The van der Waals surface area contributed by atoms with Crippen LogP contribution in [0.15, 0.2) is 16.7 Å². The van der Waals surface area contributed by atoms with E-state index in [0.29, 0.717) is 18.7 Å². The Morgan fingerprint density at radius 3 is 2.89 bits per heavy atom. The first-order valence-electron chi connectivity index (χ1n) is 6.43. The number of anilines is 1. The summed E-state index contributed by atoms with van der Waals surface area (Å²) in [4.78, 5) is 18.2. The number of halogens is 1. The van der Waals surface area contributed by atoms with Crippen LogP contribution in [0.4, 0.5) is 5.82 Å². The molecule has 1 saturated heterocycles. The van der Waals surface area contributed by atoms with Gasteiger partial charge in [-0.05, 0) is 41.8 Å². The lowest BCUT2D eigenvalue weighted by Gasteiger charge is -2.32. The molecule has 2 heterocycles. The van der Waals surface area contributed by atoms with Crippen molar-refractivity contribution in [2.45, 2.75) is 25.9 Å². The van der Waals surface area contributed by atoms with Gasteiger partial charge in [0, 0.05) is 30.4 Å². The van der Waals surface area contributed by atoms with Crippen molar-refractivity contribution in [1.82, 2.24) is 9.88 Å². The standard InChI is InChI=1S/C13H18BrN3O2/c1-2-19-10-3-5-17(6-4-10)13(18)11-7-9(14)8-16-12(11)15/h7-8,10H,2-6H2,1H3,(H2,15,16). The van der Waals surface area contributed by atoms with Crippen molar-refractivity contribution >= 4 is 27.7 Å². The minimum Gasteiger partial charge on any atom is -0.383 e. The van der Waals surface area contributed by atoms with Gasteiger partial charge in [0.25, 0.3) is 5.91 Å². The number of carbonyl (C=O) groups excluding carboxylic acids is 1. The molecule has 0 bridgehead atoms. The molecule has 1 fully saturated rings. The van der Waals surface area contributed by atoms with Crippen LogP contribution < -0.4 is 5.73 Å². The number of piperidine rings is 1. The van der Waals surface area contributed by atoms with Crippen LogP contribution in [0, 0.1) is 0 Å². The fourth-order valence-corrected chi connectivity index (χ4v) is 2.58. The zero-order valence-electron chi connectivity index (χ0n) is 10.9. The maximum Gasteiger partial charge on any atom is 0.257 e. The third kappa shape index (κ3) is 3.45. The number of likely N-dealkylation sites (tertiary alicyclic amines) is 1. The molecule has 1 aliphatic rings. The van der Waals surface area contributed by atoms with E-state index in [1.165, 1.54) is 0 Å². The van der Waals surface area contributed by atoms with Crippen molar-refractivity contribution in [3.63, 3.8) is 0 Å². The Kier molecular flexibility index (Phi) is 4.76. The summed E-state index contributed by atoms with van der Waals surface area (Å²) in [5.41, 5.74) is 6.23. The van der Waals surface area contributed by atoms with Gasteiger partial charge in [-0.2, -0.15) is 0 Å². The lowest BCUT2D eigenvalue weighted by Crippen LogP contribution is -2.41. The molecule has 0 atom stereocenters. The molecule has 2 rings (SSSR count). The largest absolute Gasteiger partial charge is 0.383 e. The molecule has 0 aromatic carbocycles. The molecule has 0 saturated carbocycles. The van der Waals surface area contributed by atoms with Crippen LogP contribution in [0.5, 0.6) is 0 Å². The van der Waals surface area contributed by atoms with Crippen molar-refractivity contribution in [2.24, 2.45) is 0 Å². The maximum atomic E-state index is 12.4. The zero-order valence-corrected chi connectivity index (χ0v) is 12.5. The van der Waals surface area contributed by atoms with E-state index in [1.54, 1.807) is 12.3 Å². The highest BCUT2D eigenvalue weighted by molar-refractivity contribution is 9.10. The van der Waals surface area contributed by atoms with Crippen LogP contribution in [-0.4, -0.2) is 41.6 Å². The van der Waals surface area contributed by atoms with Crippen LogP contribution in [0.3, 0.4) is 0 Å². The average Bonchev–Trinajstić information content (AvgIpc) is 2.42. The summed E-state index contributed by atoms with van der Waals surface area (Å²) in [7, 11) is 0. The first kappa shape index (κ1) is 14.3. The number of nitrogens with zero attached hydrogens (tertiary/aromatic N) is 2. The summed E-state index contributed by atoms with van der Waals surface area (Å²) in [6.07, 6.45) is 3.61. The molecule has 1 amide bonds. The second-order valence-corrected chi connectivity index (χ2v) is 5.45. The topological polar surface area (TPSA) is 68.5 Å². The number of nitrogens with two attached hydrogens (primary N) is 1. The number of aromatic nitrogens is 1. The molecule has 0 radical (unpaired) electrons. The van der Waals surface area contributed by atoms with Gasteiger partial charge in [0.1, 0.15) is 5.82 Å². The highest BCUT2D eigenvalue weighted by atomic mass is 79.9. The van der Waals surface area contributed by atoms with Crippen LogP contribution in [0.1, 0.15) is 30.1 Å². The smallest absolute Gasteiger partial charge is 0.257 e. The molecule has 19 heavy (non-hydrogen) atoms. The monoisotopic (exact) mass is 327 g/mol. The number of pyridine rings is 1. The molecule has 1 aliphatic heterocycles. The Hall–Kier alpha value is -1.14. The maximum absolute atomic E-state index is 12.4. The predicted molar refractivity (Wildman–Crippen MR) is 76.9 cm³/mol. The minimum absolute atomic E-state index is 0.0544. The first-order valence-corrected chi connectivity index (χ1v) is 7.23. The third-order valence-electron chi connectivity index (χ3n) is 3.25. The number of carbonyl (C=O) groups is 1. The summed E-state index contributed by atoms with van der Waals surface area (Å²) in [6, 6.07) is 1.72. The van der Waals surface area contributed by atoms with Gasteiger partial charge in [-0.25, -0.2) is 4.98 Å². The van der Waals surface area contributed by atoms with Gasteiger partial charge < -0.3 is 15.4 Å². The van der Waals surface area contributed by atoms with E-state index in [9.17, 15) is 4.79 Å². The van der Waals surface area contributed by atoms with Crippen molar-refractivity contribution < 1.29 is 9.53 Å². The van der Waals surface area contributed by atoms with E-state index in [-0.39, 0.29) is 17.8 Å². The quantitative estimate of drug-likeness (QED) is 0.922. The van der Waals surface area contributed by atoms with E-state index >= 15 is 0 Å². The van der Waals surface area contributed by atoms with Gasteiger partial charge in [0.2, 0.25) is 0 Å². The number of amides is 1. The number of ether oxygens (including phenoxy) is 1. The Labute approximate surface area is 121 Å². The molecule has 0 aliphatic carbocycles. The molecular weight excluding hydrogens is 310 g/mol. The van der Waals surface area contributed by atoms with E-state index in [2.05, 4.69) is 20.9 Å². The van der Waals surface area contributed by atoms with Crippen molar-refractivity contribution in [3.8, 4) is 0 Å². The van der Waals surface area contributed by atoms with Crippen molar-refractivity contribution in [1.29, 1.82) is 0 Å². The van der Waals surface area contributed by atoms with E-state index in [0.717, 1.165) is 23.9 Å². The predicted octanol–water partition coefficient (Wildman–Crippen LogP) is 2.07. The number of hydrogen-bond donors (Lipinski definition) is 1. The summed E-state index contributed by atoms with van der Waals surface area (Å²) in [5, 5.41) is 0. The van der Waals surface area contributed by atoms with Gasteiger partial charge in [0.05, 0.1) is 11.7 Å². The fourth-order valence-electron chi connectivity index (χ4n) is 2.25. The molecule has 6 heteroatoms. The molecule has 1 aromatic rings. The van der Waals surface area contributed by atoms with E-state index < -0.39 is 0 Å². The van der Waals surface area contributed by atoms with Gasteiger partial charge in [-0.3, -0.25) is 4.79 Å². The second kappa shape index (κ2) is 6.34. The van der Waals surface area contributed by atoms with Gasteiger partial charge >= 0.3 is 0 Å². The van der Waals surface area contributed by atoms with Crippen LogP contribution in [0.25, 0.3) is 0 Å². The second-order valence-electron chi connectivity index (χ2n) is 4.53. The van der Waals surface area contributed by atoms with Gasteiger partial charge in [-0.1, -0.05) is 0 Å². The first-order chi connectivity index (χ1) is 9.11. The number of hydrogen-bond acceptors (Lipinski definition) is 4. The van der Waals surface area contributed by atoms with Gasteiger partial charge in [-0.15, -0.1) is 0 Å². The summed E-state index contributed by atoms with van der Waals surface area (Å²) >= 11 is 3.31. The normalized spacial score (nSPS) is 16.6. The average molecular weight is 328 g/mol. The van der Waals surface area contributed by atoms with Crippen molar-refractivity contribution in [3.05, 3.63) is 22.3 Å². The Morgan fingerprint density at radius 1 is 1.58 bits per heavy atom. The summed E-state index contributed by atoms with van der Waals surface area (Å²) < 4.78 is 6.34. The Morgan fingerprint density at radius 2 is 2.26 bits per heavy atom. The van der Waals surface area contributed by atoms with E-state index in [1.807, 2.05) is 11.8 Å². The molecule has 0 unspecified atom stereocenters. The minimum atomic E-state index is -0.0544. The highest BCUT2D eigenvalue weighted by Gasteiger charge is 2.25. The molecule has 0 spiro atoms. The molecule has 5 nitrogen and oxygen atoms in total. The Bertz CT molecular complexity index is 459. The fraction of sp³-hybridized carbons (Fsp3) is 0.538. The molecule has 1 aromatic heterocycles. The number of nitrogen functional groups attached to an aromatic ring is 1. The number of rotatable bonds is 3. The van der Waals surface area contributed by atoms with Crippen LogP contribution >= 0.6 is 15.9 Å². The van der Waals surface area contributed by atoms with Gasteiger partial charge in [0.15, 0.2) is 0 Å². The van der Waals surface area contributed by atoms with Crippen LogP contribution in [-0.2, 0) is 4.74 Å². The molecule has 104 valence electrons. The lowest BCUT2D eigenvalue weighted by molar-refractivity contribution is 0.0146. The molecule has 2 N–H and O–H groups in total. The Balaban J connectivity index is 2.03. The van der Waals surface area contributed by atoms with Crippen molar-refractivity contribution in [2.75, 3.05) is 25.4 Å². The zero-order chi connectivity index (χ0) is 13.8.